The fourth-order valence-corrected chi connectivity index (χ4v) is 3.74. The number of aromatic nitrogens is 3. The highest BCUT2D eigenvalue weighted by atomic mass is 35.5. The first-order valence-corrected chi connectivity index (χ1v) is 10.8. The van der Waals surface area contributed by atoms with Crippen LogP contribution in [0.3, 0.4) is 0 Å². The highest BCUT2D eigenvalue weighted by Gasteiger charge is 2.14. The number of carbonyl (C=O) groups is 1. The zero-order valence-corrected chi connectivity index (χ0v) is 19.0. The van der Waals surface area contributed by atoms with Gasteiger partial charge < -0.3 is 14.6 Å². The molecule has 2 aromatic carbocycles. The van der Waals surface area contributed by atoms with E-state index < -0.39 is 5.97 Å². The molecule has 0 aliphatic heterocycles. The van der Waals surface area contributed by atoms with Gasteiger partial charge in [-0.25, -0.2) is 9.78 Å². The van der Waals surface area contributed by atoms with Crippen molar-refractivity contribution in [1.29, 1.82) is 0 Å². The van der Waals surface area contributed by atoms with Crippen molar-refractivity contribution < 1.29 is 19.4 Å². The van der Waals surface area contributed by atoms with Crippen molar-refractivity contribution in [2.45, 2.75) is 25.1 Å². The van der Waals surface area contributed by atoms with E-state index in [0.29, 0.717) is 44.5 Å². The second kappa shape index (κ2) is 10.6. The van der Waals surface area contributed by atoms with Crippen molar-refractivity contribution in [3.05, 3.63) is 68.3 Å². The van der Waals surface area contributed by atoms with E-state index in [4.69, 9.17) is 32.7 Å². The molecular weight excluding hydrogens is 461 g/mol. The van der Waals surface area contributed by atoms with E-state index in [1.54, 1.807) is 36.4 Å². The Hall–Kier alpha value is -2.68. The van der Waals surface area contributed by atoms with Crippen LogP contribution in [-0.2, 0) is 17.8 Å². The molecule has 0 spiro atoms. The summed E-state index contributed by atoms with van der Waals surface area (Å²) >= 11 is 13.1. The van der Waals surface area contributed by atoms with Gasteiger partial charge in [0.1, 0.15) is 17.3 Å². The van der Waals surface area contributed by atoms with Crippen molar-refractivity contribution >= 4 is 47.0 Å². The Bertz CT molecular complexity index is 1120. The van der Waals surface area contributed by atoms with Crippen molar-refractivity contribution in [3.63, 3.8) is 0 Å². The summed E-state index contributed by atoms with van der Waals surface area (Å²) in [5.41, 5.74) is 1.41. The lowest BCUT2D eigenvalue weighted by Crippen LogP contribution is -1.99. The van der Waals surface area contributed by atoms with Crippen LogP contribution in [0.2, 0.25) is 10.0 Å². The number of carboxylic acid groups (broad SMARTS) is 1. The number of methoxy groups -OCH3 is 1. The van der Waals surface area contributed by atoms with Crippen LogP contribution in [0, 0.1) is 0 Å². The molecule has 162 valence electrons. The molecule has 0 atom stereocenters. The van der Waals surface area contributed by atoms with Gasteiger partial charge in [-0.05, 0) is 47.7 Å². The minimum Gasteiger partial charge on any atom is -0.493 e. The van der Waals surface area contributed by atoms with Gasteiger partial charge in [-0.1, -0.05) is 42.3 Å². The Kier molecular flexibility index (Phi) is 7.84. The van der Waals surface area contributed by atoms with Gasteiger partial charge in [0.15, 0.2) is 11.5 Å². The number of nitrogens with zero attached hydrogens (tertiary/aromatic N) is 2. The van der Waals surface area contributed by atoms with Crippen LogP contribution in [0.4, 0.5) is 0 Å². The van der Waals surface area contributed by atoms with E-state index >= 15 is 0 Å². The van der Waals surface area contributed by atoms with Crippen molar-refractivity contribution in [1.82, 2.24) is 15.2 Å². The molecule has 0 unspecified atom stereocenters. The van der Waals surface area contributed by atoms with Gasteiger partial charge in [-0.2, -0.15) is 0 Å². The number of ether oxygens (including phenoxy) is 2. The van der Waals surface area contributed by atoms with E-state index in [1.807, 2.05) is 6.92 Å². The molecule has 31 heavy (non-hydrogen) atoms. The first kappa shape index (κ1) is 23.0. The molecule has 2 N–H and O–H groups in total. The van der Waals surface area contributed by atoms with E-state index in [0.717, 1.165) is 17.3 Å². The number of benzene rings is 2. The zero-order chi connectivity index (χ0) is 22.4. The maximum Gasteiger partial charge on any atom is 0.342 e. The van der Waals surface area contributed by atoms with Gasteiger partial charge in [0, 0.05) is 22.0 Å². The lowest BCUT2D eigenvalue weighted by atomic mass is 10.2. The number of aliphatic carboxylic acids is 1. The summed E-state index contributed by atoms with van der Waals surface area (Å²) in [6.07, 6.45) is 2.21. The normalized spacial score (nSPS) is 11.4. The third-order valence-electron chi connectivity index (χ3n) is 4.14. The van der Waals surface area contributed by atoms with Crippen LogP contribution in [-0.4, -0.2) is 33.4 Å². The lowest BCUT2D eigenvalue weighted by molar-refractivity contribution is -0.131. The van der Waals surface area contributed by atoms with Gasteiger partial charge in [0.05, 0.1) is 7.11 Å². The summed E-state index contributed by atoms with van der Waals surface area (Å²) in [5.74, 6) is 0.567. The van der Waals surface area contributed by atoms with Crippen LogP contribution < -0.4 is 9.47 Å². The first-order chi connectivity index (χ1) is 14.9. The lowest BCUT2D eigenvalue weighted by Gasteiger charge is -2.12. The second-order valence-electron chi connectivity index (χ2n) is 6.27. The Labute approximate surface area is 193 Å². The van der Waals surface area contributed by atoms with Gasteiger partial charge in [-0.15, -0.1) is 5.10 Å². The minimum absolute atomic E-state index is 0.0744. The highest BCUT2D eigenvalue weighted by molar-refractivity contribution is 8.04. The standard InChI is InChI=1S/C21H19Cl2N3O4S/c1-3-19-24-21(26-25-19)31-18(20(27)28)9-12-4-7-16(17(8-12)29-2)30-11-13-5-6-14(22)10-15(13)23/h4-10H,3,11H2,1-2H3,(H,27,28)(H,24,25,26)/b18-9-. The topological polar surface area (TPSA) is 97.3 Å². The Balaban J connectivity index is 1.78. The fourth-order valence-electron chi connectivity index (χ4n) is 2.55. The predicted molar refractivity (Wildman–Crippen MR) is 121 cm³/mol. The van der Waals surface area contributed by atoms with E-state index in [9.17, 15) is 9.90 Å². The number of hydrogen-bond donors (Lipinski definition) is 2. The van der Waals surface area contributed by atoms with Crippen LogP contribution in [0.1, 0.15) is 23.9 Å². The molecule has 0 amide bonds. The third kappa shape index (κ3) is 6.16. The van der Waals surface area contributed by atoms with Crippen molar-refractivity contribution in [2.24, 2.45) is 0 Å². The molecule has 0 saturated carbocycles. The van der Waals surface area contributed by atoms with E-state index in [-0.39, 0.29) is 11.5 Å². The monoisotopic (exact) mass is 479 g/mol. The van der Waals surface area contributed by atoms with Crippen LogP contribution in [0.5, 0.6) is 11.5 Å². The number of aryl methyl sites for hydroxylation is 1. The number of halogens is 2. The molecule has 0 aliphatic carbocycles. The fraction of sp³-hybridized carbons (Fsp3) is 0.190. The van der Waals surface area contributed by atoms with E-state index in [1.165, 1.54) is 13.2 Å². The molecule has 1 aromatic heterocycles. The number of H-pyrrole nitrogens is 1. The number of carboxylic acids is 1. The average Bonchev–Trinajstić information content (AvgIpc) is 3.20. The average molecular weight is 480 g/mol. The predicted octanol–water partition coefficient (Wildman–Crippen LogP) is 5.48. The van der Waals surface area contributed by atoms with Crippen molar-refractivity contribution in [2.75, 3.05) is 7.11 Å². The Morgan fingerprint density at radius 3 is 2.68 bits per heavy atom. The van der Waals surface area contributed by atoms with Gasteiger partial charge >= 0.3 is 5.97 Å². The van der Waals surface area contributed by atoms with Crippen LogP contribution in [0.15, 0.2) is 46.5 Å². The van der Waals surface area contributed by atoms with Crippen LogP contribution in [0.25, 0.3) is 6.08 Å². The summed E-state index contributed by atoms with van der Waals surface area (Å²) in [5, 5.41) is 17.8. The molecule has 3 aromatic rings. The minimum atomic E-state index is -1.08. The summed E-state index contributed by atoms with van der Waals surface area (Å²) < 4.78 is 11.2. The number of aromatic amines is 1. The van der Waals surface area contributed by atoms with Gasteiger partial charge in [0.25, 0.3) is 0 Å². The first-order valence-electron chi connectivity index (χ1n) is 9.18. The third-order valence-corrected chi connectivity index (χ3v) is 5.61. The maximum absolute atomic E-state index is 11.7. The molecular formula is C21H19Cl2N3O4S. The smallest absolute Gasteiger partial charge is 0.342 e. The SMILES string of the molecule is CCc1nc(S/C(=C\c2ccc(OCc3ccc(Cl)cc3Cl)c(OC)c2)C(=O)O)n[nH]1. The summed E-state index contributed by atoms with van der Waals surface area (Å²) in [6.45, 7) is 2.15. The maximum atomic E-state index is 11.7. The second-order valence-corrected chi connectivity index (χ2v) is 8.12. The number of thioether (sulfide) groups is 1. The molecule has 0 saturated heterocycles. The number of nitrogens with one attached hydrogen (secondary N) is 1. The Morgan fingerprint density at radius 1 is 1.23 bits per heavy atom. The molecule has 0 radical (unpaired) electrons. The molecule has 0 fully saturated rings. The van der Waals surface area contributed by atoms with Gasteiger partial charge in [-0.3, -0.25) is 5.10 Å². The number of rotatable bonds is 9. The largest absolute Gasteiger partial charge is 0.493 e. The Morgan fingerprint density at radius 2 is 2.03 bits per heavy atom. The molecule has 10 heteroatoms. The summed E-state index contributed by atoms with van der Waals surface area (Å²) in [4.78, 5) is 16.0. The number of hydrogen-bond acceptors (Lipinski definition) is 6. The molecule has 7 nitrogen and oxygen atoms in total. The van der Waals surface area contributed by atoms with Crippen LogP contribution >= 0.6 is 35.0 Å². The quantitative estimate of drug-likeness (QED) is 0.309. The highest BCUT2D eigenvalue weighted by Crippen LogP contribution is 2.32. The summed E-state index contributed by atoms with van der Waals surface area (Å²) in [7, 11) is 1.51. The molecule has 3 rings (SSSR count). The molecule has 0 aliphatic rings. The van der Waals surface area contributed by atoms with Gasteiger partial charge in [0.2, 0.25) is 5.16 Å². The van der Waals surface area contributed by atoms with E-state index in [2.05, 4.69) is 15.2 Å². The summed E-state index contributed by atoms with van der Waals surface area (Å²) in [6, 6.07) is 10.3. The molecule has 0 bridgehead atoms. The molecule has 1 heterocycles. The van der Waals surface area contributed by atoms with Crippen molar-refractivity contribution in [3.8, 4) is 11.5 Å². The zero-order valence-electron chi connectivity index (χ0n) is 16.7.